The Morgan fingerprint density at radius 1 is 1.12 bits per heavy atom. The molecular formula is C30H29F3O. The first-order chi connectivity index (χ1) is 16.3. The Morgan fingerprint density at radius 2 is 1.85 bits per heavy atom. The van der Waals surface area contributed by atoms with Crippen molar-refractivity contribution in [1.29, 1.82) is 0 Å². The maximum atomic E-state index is 15.8. The normalized spacial score (nSPS) is 23.3. The van der Waals surface area contributed by atoms with Gasteiger partial charge in [-0.1, -0.05) is 74.4 Å². The van der Waals surface area contributed by atoms with E-state index in [1.165, 1.54) is 0 Å². The number of benzene rings is 2. The minimum atomic E-state index is -1.19. The predicted molar refractivity (Wildman–Crippen MR) is 133 cm³/mol. The lowest BCUT2D eigenvalue weighted by atomic mass is 9.61. The standard InChI is InChI=1S/C30H29F3O/c1-5-21-9-11-23(12-10-21)24-13-14-25(29(33)28(24)32)30-17-15-22(16-18-30)8-7-19(3)26(30)27(31)20(4)34-6-2/h5,9-15,17,22H,1,3-4,6-8,16,18H2,2H3/b27-26+/t22?,30-/m0/s1. The highest BCUT2D eigenvalue weighted by atomic mass is 19.2. The zero-order valence-electron chi connectivity index (χ0n) is 19.5. The minimum absolute atomic E-state index is 0.101. The first kappa shape index (κ1) is 23.9. The molecule has 1 fully saturated rings. The van der Waals surface area contributed by atoms with Gasteiger partial charge in [0.25, 0.3) is 0 Å². The Kier molecular flexibility index (Phi) is 6.70. The van der Waals surface area contributed by atoms with Gasteiger partial charge >= 0.3 is 0 Å². The van der Waals surface area contributed by atoms with Gasteiger partial charge in [-0.3, -0.25) is 0 Å². The number of rotatable bonds is 6. The van der Waals surface area contributed by atoms with Gasteiger partial charge in [0.05, 0.1) is 6.61 Å². The third kappa shape index (κ3) is 4.06. The molecule has 2 aromatic carbocycles. The van der Waals surface area contributed by atoms with Gasteiger partial charge in [-0.05, 0) is 55.2 Å². The minimum Gasteiger partial charge on any atom is -0.491 e. The molecule has 4 heteroatoms. The molecule has 3 aliphatic rings. The fraction of sp³-hybridized carbons (Fsp3) is 0.267. The molecule has 1 nitrogen and oxygen atoms in total. The van der Waals surface area contributed by atoms with E-state index in [0.717, 1.165) is 18.4 Å². The van der Waals surface area contributed by atoms with E-state index in [9.17, 15) is 0 Å². The molecule has 3 aliphatic carbocycles. The molecule has 176 valence electrons. The zero-order chi connectivity index (χ0) is 24.5. The van der Waals surface area contributed by atoms with Crippen LogP contribution in [0.5, 0.6) is 0 Å². The molecule has 2 bridgehead atoms. The number of hydrogen-bond donors (Lipinski definition) is 0. The molecule has 34 heavy (non-hydrogen) atoms. The summed E-state index contributed by atoms with van der Waals surface area (Å²) in [4.78, 5) is 0. The lowest BCUT2D eigenvalue weighted by Gasteiger charge is -2.42. The van der Waals surface area contributed by atoms with E-state index in [0.29, 0.717) is 29.9 Å². The number of ether oxygens (including phenoxy) is 1. The van der Waals surface area contributed by atoms with Crippen LogP contribution in [-0.4, -0.2) is 6.61 Å². The lowest BCUT2D eigenvalue weighted by molar-refractivity contribution is 0.224. The Bertz CT molecular complexity index is 1200. The van der Waals surface area contributed by atoms with Gasteiger partial charge in [0.15, 0.2) is 17.5 Å². The largest absolute Gasteiger partial charge is 0.491 e. The molecule has 0 saturated heterocycles. The van der Waals surface area contributed by atoms with Crippen molar-refractivity contribution in [3.8, 4) is 11.1 Å². The Hall–Kier alpha value is -3.27. The second-order valence-corrected chi connectivity index (χ2v) is 8.93. The van der Waals surface area contributed by atoms with E-state index in [2.05, 4.69) is 19.7 Å². The van der Waals surface area contributed by atoms with Crippen LogP contribution in [0.15, 0.2) is 91.0 Å². The van der Waals surface area contributed by atoms with Crippen LogP contribution >= 0.6 is 0 Å². The number of halogens is 3. The van der Waals surface area contributed by atoms with E-state index in [1.807, 2.05) is 12.2 Å². The Morgan fingerprint density at radius 3 is 2.47 bits per heavy atom. The third-order valence-corrected chi connectivity index (χ3v) is 6.98. The van der Waals surface area contributed by atoms with Crippen LogP contribution in [0, 0.1) is 17.6 Å². The Labute approximate surface area is 199 Å². The van der Waals surface area contributed by atoms with Crippen molar-refractivity contribution in [3.05, 3.63) is 114 Å². The summed E-state index contributed by atoms with van der Waals surface area (Å²) in [6.07, 6.45) is 8.11. The fourth-order valence-corrected chi connectivity index (χ4v) is 5.14. The molecular weight excluding hydrogens is 433 g/mol. The quantitative estimate of drug-likeness (QED) is 0.308. The highest BCUT2D eigenvalue weighted by Crippen LogP contribution is 2.52. The summed E-state index contributed by atoms with van der Waals surface area (Å²) in [5.74, 6) is -2.39. The smallest absolute Gasteiger partial charge is 0.169 e. The SMILES string of the molecule is C=Cc1ccc(-c2ccc([C@@]34C=CC(CCC(=C)/C3=C(\F)C(=C)OCC)CC4)c(F)c2F)cc1. The van der Waals surface area contributed by atoms with Crippen molar-refractivity contribution in [2.24, 2.45) is 5.92 Å². The molecule has 2 aromatic rings. The van der Waals surface area contributed by atoms with Gasteiger partial charge in [0, 0.05) is 22.1 Å². The zero-order valence-corrected chi connectivity index (χ0v) is 19.5. The van der Waals surface area contributed by atoms with E-state index in [-0.39, 0.29) is 29.1 Å². The summed E-state index contributed by atoms with van der Waals surface area (Å²) >= 11 is 0. The van der Waals surface area contributed by atoms with Gasteiger partial charge in [-0.15, -0.1) is 0 Å². The van der Waals surface area contributed by atoms with Gasteiger partial charge in [0.2, 0.25) is 0 Å². The summed E-state index contributed by atoms with van der Waals surface area (Å²) in [6.45, 7) is 13.6. The molecule has 1 unspecified atom stereocenters. The molecule has 0 aliphatic heterocycles. The average molecular weight is 463 g/mol. The second kappa shape index (κ2) is 9.54. The van der Waals surface area contributed by atoms with E-state index < -0.39 is 22.9 Å². The second-order valence-electron chi connectivity index (χ2n) is 8.93. The fourth-order valence-electron chi connectivity index (χ4n) is 5.14. The van der Waals surface area contributed by atoms with Crippen LogP contribution in [0.3, 0.4) is 0 Å². The van der Waals surface area contributed by atoms with Gasteiger partial charge in [0.1, 0.15) is 5.76 Å². The first-order valence-corrected chi connectivity index (χ1v) is 11.6. The van der Waals surface area contributed by atoms with Crippen molar-refractivity contribution in [2.75, 3.05) is 6.61 Å². The maximum absolute atomic E-state index is 15.8. The van der Waals surface area contributed by atoms with Crippen molar-refractivity contribution < 1.29 is 17.9 Å². The summed E-state index contributed by atoms with van der Waals surface area (Å²) < 4.78 is 52.5. The van der Waals surface area contributed by atoms with Crippen molar-refractivity contribution in [1.82, 2.24) is 0 Å². The topological polar surface area (TPSA) is 9.23 Å². The first-order valence-electron chi connectivity index (χ1n) is 11.6. The number of hydrogen-bond acceptors (Lipinski definition) is 1. The molecule has 1 saturated carbocycles. The van der Waals surface area contributed by atoms with Crippen LogP contribution in [0.25, 0.3) is 17.2 Å². The van der Waals surface area contributed by atoms with E-state index >= 15 is 13.2 Å². The summed E-state index contributed by atoms with van der Waals surface area (Å²) in [6, 6.07) is 10.2. The van der Waals surface area contributed by atoms with Crippen LogP contribution in [0.1, 0.15) is 43.7 Å². The average Bonchev–Trinajstić information content (AvgIpc) is 2.84. The van der Waals surface area contributed by atoms with Crippen LogP contribution < -0.4 is 0 Å². The number of fused-ring (bicyclic) bond motifs is 4. The molecule has 0 N–H and O–H groups in total. The summed E-state index contributed by atoms with van der Waals surface area (Å²) in [5, 5.41) is 0. The number of allylic oxidation sites excluding steroid dienone is 5. The van der Waals surface area contributed by atoms with Crippen LogP contribution in [0.4, 0.5) is 13.2 Å². The van der Waals surface area contributed by atoms with Gasteiger partial charge < -0.3 is 4.74 Å². The molecule has 0 aromatic heterocycles. The Balaban J connectivity index is 1.91. The van der Waals surface area contributed by atoms with Gasteiger partial charge in [-0.2, -0.15) is 0 Å². The van der Waals surface area contributed by atoms with Crippen LogP contribution in [-0.2, 0) is 10.2 Å². The molecule has 5 rings (SSSR count). The van der Waals surface area contributed by atoms with E-state index in [4.69, 9.17) is 4.74 Å². The molecule has 2 atom stereocenters. The maximum Gasteiger partial charge on any atom is 0.169 e. The lowest BCUT2D eigenvalue weighted by Crippen LogP contribution is -2.35. The summed E-state index contributed by atoms with van der Waals surface area (Å²) in [5.41, 5.74) is 1.31. The summed E-state index contributed by atoms with van der Waals surface area (Å²) in [7, 11) is 0. The van der Waals surface area contributed by atoms with Crippen molar-refractivity contribution in [3.63, 3.8) is 0 Å². The highest BCUT2D eigenvalue weighted by molar-refractivity contribution is 5.68. The van der Waals surface area contributed by atoms with Gasteiger partial charge in [-0.25, -0.2) is 13.2 Å². The third-order valence-electron chi connectivity index (χ3n) is 6.98. The predicted octanol–water partition coefficient (Wildman–Crippen LogP) is 8.60. The van der Waals surface area contributed by atoms with Crippen molar-refractivity contribution >= 4 is 6.08 Å². The molecule has 0 amide bonds. The van der Waals surface area contributed by atoms with Crippen molar-refractivity contribution in [2.45, 2.75) is 38.0 Å². The monoisotopic (exact) mass is 462 g/mol. The van der Waals surface area contributed by atoms with Crippen LogP contribution in [0.2, 0.25) is 0 Å². The highest BCUT2D eigenvalue weighted by Gasteiger charge is 2.44. The van der Waals surface area contributed by atoms with E-state index in [1.54, 1.807) is 49.4 Å². The molecule has 0 heterocycles. The molecule has 0 radical (unpaired) electrons. The molecule has 0 spiro atoms.